The summed E-state index contributed by atoms with van der Waals surface area (Å²) in [6.45, 7) is 8.01. The van der Waals surface area contributed by atoms with Crippen LogP contribution in [0.2, 0.25) is 0 Å². The molecule has 1 aliphatic rings. The third-order valence-electron chi connectivity index (χ3n) is 4.43. The average molecular weight is 532 g/mol. The summed E-state index contributed by atoms with van der Waals surface area (Å²) in [5, 5.41) is 6.29. The minimum atomic E-state index is -0.505. The molecule has 1 aromatic carbocycles. The molecule has 4 N–H and O–H groups in total. The van der Waals surface area contributed by atoms with Gasteiger partial charge in [-0.1, -0.05) is 12.1 Å². The first-order valence-corrected chi connectivity index (χ1v) is 9.84. The summed E-state index contributed by atoms with van der Waals surface area (Å²) in [5.74, 6) is 0.982. The van der Waals surface area contributed by atoms with E-state index in [1.807, 2.05) is 32.0 Å². The van der Waals surface area contributed by atoms with Crippen molar-refractivity contribution in [3.8, 4) is 5.75 Å². The zero-order chi connectivity index (χ0) is 21.2. The number of amides is 2. The molecule has 0 radical (unpaired) electrons. The molecule has 30 heavy (non-hydrogen) atoms. The van der Waals surface area contributed by atoms with E-state index in [-0.39, 0.29) is 42.5 Å². The fourth-order valence-corrected chi connectivity index (χ4v) is 3.10. The van der Waals surface area contributed by atoms with Gasteiger partial charge in [-0.15, -0.1) is 24.0 Å². The van der Waals surface area contributed by atoms with Crippen LogP contribution in [0.3, 0.4) is 0 Å². The first-order valence-electron chi connectivity index (χ1n) is 9.84. The Bertz CT molecular complexity index is 720. The molecule has 1 heterocycles. The van der Waals surface area contributed by atoms with E-state index in [4.69, 9.17) is 10.5 Å². The Labute approximate surface area is 195 Å². The van der Waals surface area contributed by atoms with Gasteiger partial charge in [0.05, 0.1) is 6.54 Å². The molecule has 0 aliphatic carbocycles. The smallest absolute Gasteiger partial charge is 0.255 e. The second kappa shape index (κ2) is 13.3. The van der Waals surface area contributed by atoms with Gasteiger partial charge in [0.1, 0.15) is 5.75 Å². The summed E-state index contributed by atoms with van der Waals surface area (Å²) in [6.07, 6.45) is 0. The molecule has 0 atom stereocenters. The number of ether oxygens (including phenoxy) is 1. The molecule has 1 aromatic rings. The number of carbonyl (C=O) groups excluding carboxylic acids is 2. The van der Waals surface area contributed by atoms with Crippen molar-refractivity contribution in [2.75, 3.05) is 46.4 Å². The minimum absolute atomic E-state index is 0. The van der Waals surface area contributed by atoms with Crippen LogP contribution >= 0.6 is 24.0 Å². The van der Waals surface area contributed by atoms with Crippen molar-refractivity contribution in [2.45, 2.75) is 26.4 Å². The van der Waals surface area contributed by atoms with Gasteiger partial charge < -0.3 is 26.0 Å². The monoisotopic (exact) mass is 532 g/mol. The number of guanidine groups is 1. The Morgan fingerprint density at radius 2 is 1.93 bits per heavy atom. The molecule has 1 fully saturated rings. The number of hydrogen-bond donors (Lipinski definition) is 3. The SMILES string of the molecule is CN=C(NCc1cccc(OCC(N)=O)c1)N1CCN(CC(=O)NC(C)C)CC1.I. The highest BCUT2D eigenvalue weighted by atomic mass is 127. The van der Waals surface area contributed by atoms with Crippen molar-refractivity contribution in [3.63, 3.8) is 0 Å². The van der Waals surface area contributed by atoms with E-state index in [1.54, 1.807) is 13.1 Å². The molecule has 168 valence electrons. The van der Waals surface area contributed by atoms with E-state index < -0.39 is 5.91 Å². The fraction of sp³-hybridized carbons (Fsp3) is 0.550. The van der Waals surface area contributed by atoms with E-state index >= 15 is 0 Å². The zero-order valence-electron chi connectivity index (χ0n) is 17.9. The van der Waals surface area contributed by atoms with E-state index in [2.05, 4.69) is 25.4 Å². The summed E-state index contributed by atoms with van der Waals surface area (Å²) >= 11 is 0. The minimum Gasteiger partial charge on any atom is -0.484 e. The van der Waals surface area contributed by atoms with E-state index in [9.17, 15) is 9.59 Å². The number of hydrogen-bond acceptors (Lipinski definition) is 5. The third-order valence-corrected chi connectivity index (χ3v) is 4.43. The van der Waals surface area contributed by atoms with E-state index in [0.29, 0.717) is 18.8 Å². The van der Waals surface area contributed by atoms with Crippen molar-refractivity contribution in [1.29, 1.82) is 0 Å². The Morgan fingerprint density at radius 3 is 2.53 bits per heavy atom. The van der Waals surface area contributed by atoms with Crippen LogP contribution in [0, 0.1) is 0 Å². The lowest BCUT2D eigenvalue weighted by Gasteiger charge is -2.36. The molecule has 1 aliphatic heterocycles. The quantitative estimate of drug-likeness (QED) is 0.254. The summed E-state index contributed by atoms with van der Waals surface area (Å²) in [6, 6.07) is 7.66. The molecule has 2 rings (SSSR count). The number of halogens is 1. The van der Waals surface area contributed by atoms with Crippen LogP contribution in [-0.4, -0.2) is 80.0 Å². The van der Waals surface area contributed by atoms with Gasteiger partial charge in [0.2, 0.25) is 5.91 Å². The molecule has 9 nitrogen and oxygen atoms in total. The normalized spacial score (nSPS) is 14.8. The molecule has 0 saturated carbocycles. The van der Waals surface area contributed by atoms with Crippen LogP contribution < -0.4 is 21.1 Å². The van der Waals surface area contributed by atoms with Gasteiger partial charge in [0.15, 0.2) is 12.6 Å². The number of nitrogens with one attached hydrogen (secondary N) is 2. The van der Waals surface area contributed by atoms with Crippen LogP contribution in [0.5, 0.6) is 5.75 Å². The fourth-order valence-electron chi connectivity index (χ4n) is 3.10. The number of benzene rings is 1. The largest absolute Gasteiger partial charge is 0.484 e. The van der Waals surface area contributed by atoms with Gasteiger partial charge in [0, 0.05) is 45.8 Å². The number of nitrogens with two attached hydrogens (primary N) is 1. The van der Waals surface area contributed by atoms with Gasteiger partial charge in [-0.3, -0.25) is 19.5 Å². The van der Waals surface area contributed by atoms with Gasteiger partial charge in [-0.25, -0.2) is 0 Å². The van der Waals surface area contributed by atoms with Gasteiger partial charge >= 0.3 is 0 Å². The van der Waals surface area contributed by atoms with Crippen molar-refractivity contribution >= 4 is 41.8 Å². The maximum atomic E-state index is 11.9. The lowest BCUT2D eigenvalue weighted by atomic mass is 10.2. The summed E-state index contributed by atoms with van der Waals surface area (Å²) in [4.78, 5) is 31.5. The number of piperazine rings is 1. The Morgan fingerprint density at radius 1 is 1.23 bits per heavy atom. The molecule has 1 saturated heterocycles. The average Bonchev–Trinajstić information content (AvgIpc) is 2.67. The first kappa shape index (κ1) is 26.0. The van der Waals surface area contributed by atoms with Crippen molar-refractivity contribution in [2.24, 2.45) is 10.7 Å². The highest BCUT2D eigenvalue weighted by Crippen LogP contribution is 2.13. The molecule has 0 aromatic heterocycles. The van der Waals surface area contributed by atoms with Crippen molar-refractivity contribution in [1.82, 2.24) is 20.4 Å². The Balaban J connectivity index is 0.00000450. The standard InChI is InChI=1S/C20H32N6O3.HI/c1-15(2)24-19(28)13-25-7-9-26(10-8-25)20(22-3)23-12-16-5-4-6-17(11-16)29-14-18(21)27;/h4-6,11,15H,7-10,12-14H2,1-3H3,(H2,21,27)(H,22,23)(H,24,28);1H. The van der Waals surface area contributed by atoms with Crippen LogP contribution in [0.15, 0.2) is 29.3 Å². The molecular weight excluding hydrogens is 499 g/mol. The maximum Gasteiger partial charge on any atom is 0.255 e. The van der Waals surface area contributed by atoms with Gasteiger partial charge in [-0.2, -0.15) is 0 Å². The van der Waals surface area contributed by atoms with Crippen LogP contribution in [0.25, 0.3) is 0 Å². The summed E-state index contributed by atoms with van der Waals surface area (Å²) in [7, 11) is 1.76. The van der Waals surface area contributed by atoms with Crippen molar-refractivity contribution in [3.05, 3.63) is 29.8 Å². The summed E-state index contributed by atoms with van der Waals surface area (Å²) in [5.41, 5.74) is 6.12. The lowest BCUT2D eigenvalue weighted by molar-refractivity contribution is -0.123. The second-order valence-corrected chi connectivity index (χ2v) is 7.29. The number of primary amides is 1. The maximum absolute atomic E-state index is 11.9. The first-order chi connectivity index (χ1) is 13.9. The Hall–Kier alpha value is -2.08. The third kappa shape index (κ3) is 9.16. The Kier molecular flexibility index (Phi) is 11.5. The summed E-state index contributed by atoms with van der Waals surface area (Å²) < 4.78 is 5.34. The molecule has 0 unspecified atom stereocenters. The van der Waals surface area contributed by atoms with E-state index in [0.717, 1.165) is 37.7 Å². The molecule has 2 amide bonds. The highest BCUT2D eigenvalue weighted by Gasteiger charge is 2.21. The highest BCUT2D eigenvalue weighted by molar-refractivity contribution is 14.0. The van der Waals surface area contributed by atoms with Gasteiger partial charge in [-0.05, 0) is 31.5 Å². The number of carbonyl (C=O) groups is 2. The van der Waals surface area contributed by atoms with Crippen molar-refractivity contribution < 1.29 is 14.3 Å². The molecule has 0 bridgehead atoms. The lowest BCUT2D eigenvalue weighted by Crippen LogP contribution is -2.54. The number of rotatable bonds is 8. The molecular formula is C20H33IN6O3. The van der Waals surface area contributed by atoms with Crippen LogP contribution in [0.4, 0.5) is 0 Å². The van der Waals surface area contributed by atoms with Crippen LogP contribution in [0.1, 0.15) is 19.4 Å². The van der Waals surface area contributed by atoms with Crippen LogP contribution in [-0.2, 0) is 16.1 Å². The molecule has 10 heteroatoms. The van der Waals surface area contributed by atoms with E-state index in [1.165, 1.54) is 0 Å². The zero-order valence-corrected chi connectivity index (χ0v) is 20.2. The second-order valence-electron chi connectivity index (χ2n) is 7.29. The van der Waals surface area contributed by atoms with Gasteiger partial charge in [0.25, 0.3) is 5.91 Å². The predicted molar refractivity (Wildman–Crippen MR) is 128 cm³/mol. The molecule has 0 spiro atoms. The topological polar surface area (TPSA) is 112 Å². The number of aliphatic imine (C=N–C) groups is 1. The number of nitrogens with zero attached hydrogens (tertiary/aromatic N) is 3. The predicted octanol–water partition coefficient (Wildman–Crippen LogP) is 0.386.